The summed E-state index contributed by atoms with van der Waals surface area (Å²) in [7, 11) is 0. The molecule has 0 radical (unpaired) electrons. The van der Waals surface area contributed by atoms with Crippen LogP contribution in [-0.4, -0.2) is 10.1 Å². The van der Waals surface area contributed by atoms with Crippen LogP contribution in [0.1, 0.15) is 22.2 Å². The Morgan fingerprint density at radius 1 is 1.38 bits per heavy atom. The summed E-state index contributed by atoms with van der Waals surface area (Å²) in [5.41, 5.74) is 1.32. The van der Waals surface area contributed by atoms with Crippen LogP contribution in [0.3, 0.4) is 0 Å². The molecule has 1 unspecified atom stereocenters. The summed E-state index contributed by atoms with van der Waals surface area (Å²) in [6.45, 7) is 0. The topological polar surface area (TPSA) is 56.9 Å². The van der Waals surface area contributed by atoms with Crippen molar-refractivity contribution >= 4 is 27.3 Å². The number of hydrogen-bond donors (Lipinski definition) is 1. The molecule has 2 aromatic rings. The maximum Gasteiger partial charge on any atom is 0.131 e. The summed E-state index contributed by atoms with van der Waals surface area (Å²) in [6.07, 6.45) is -0.732. The maximum atomic E-state index is 10.0. The molecule has 0 bridgehead atoms. The minimum Gasteiger partial charge on any atom is -0.381 e. The van der Waals surface area contributed by atoms with Crippen molar-refractivity contribution in [1.29, 1.82) is 5.26 Å². The Morgan fingerprint density at radius 3 is 2.56 bits per heavy atom. The number of aliphatic hydroxyl groups excluding tert-OH is 1. The van der Waals surface area contributed by atoms with Gasteiger partial charge >= 0.3 is 0 Å². The van der Waals surface area contributed by atoms with Gasteiger partial charge in [-0.05, 0) is 33.6 Å². The van der Waals surface area contributed by atoms with Crippen LogP contribution in [0.2, 0.25) is 0 Å². The van der Waals surface area contributed by atoms with Gasteiger partial charge in [0.1, 0.15) is 15.7 Å². The van der Waals surface area contributed by atoms with Crippen molar-refractivity contribution in [3.05, 3.63) is 50.4 Å². The zero-order valence-corrected chi connectivity index (χ0v) is 10.5. The monoisotopic (exact) mass is 294 g/mol. The number of nitriles is 1. The zero-order valence-electron chi connectivity index (χ0n) is 8.09. The van der Waals surface area contributed by atoms with E-state index in [1.54, 1.807) is 24.3 Å². The summed E-state index contributed by atoms with van der Waals surface area (Å²) in [4.78, 5) is 4.15. The van der Waals surface area contributed by atoms with Crippen LogP contribution in [0.4, 0.5) is 0 Å². The van der Waals surface area contributed by atoms with Crippen molar-refractivity contribution in [3.63, 3.8) is 0 Å². The fourth-order valence-corrected chi connectivity index (χ4v) is 2.55. The number of benzene rings is 1. The molecule has 0 aliphatic rings. The average Bonchev–Trinajstić information content (AvgIpc) is 2.75. The number of aliphatic hydroxyl groups is 1. The first kappa shape index (κ1) is 11.3. The van der Waals surface area contributed by atoms with E-state index in [9.17, 15) is 5.11 Å². The molecule has 1 N–H and O–H groups in total. The van der Waals surface area contributed by atoms with Gasteiger partial charge in [-0.1, -0.05) is 12.1 Å². The second-order valence-electron chi connectivity index (χ2n) is 3.14. The van der Waals surface area contributed by atoms with E-state index >= 15 is 0 Å². The van der Waals surface area contributed by atoms with Gasteiger partial charge in [0.15, 0.2) is 0 Å². The molecule has 0 fully saturated rings. The number of aromatic nitrogens is 1. The van der Waals surface area contributed by atoms with E-state index in [-0.39, 0.29) is 0 Å². The molecule has 0 spiro atoms. The SMILES string of the molecule is N#Cc1ccc(C(O)c2nc(Br)cs2)cc1. The highest BCUT2D eigenvalue weighted by atomic mass is 79.9. The van der Waals surface area contributed by atoms with Crippen molar-refractivity contribution in [2.75, 3.05) is 0 Å². The molecule has 0 saturated carbocycles. The lowest BCUT2D eigenvalue weighted by Crippen LogP contribution is -1.98. The molecule has 16 heavy (non-hydrogen) atoms. The minimum absolute atomic E-state index is 0.580. The van der Waals surface area contributed by atoms with Gasteiger partial charge in [-0.15, -0.1) is 11.3 Å². The summed E-state index contributed by atoms with van der Waals surface area (Å²) in [5, 5.41) is 21.1. The molecule has 1 aromatic carbocycles. The number of rotatable bonds is 2. The van der Waals surface area contributed by atoms with Crippen molar-refractivity contribution in [2.45, 2.75) is 6.10 Å². The van der Waals surface area contributed by atoms with Gasteiger partial charge in [-0.2, -0.15) is 5.26 Å². The van der Waals surface area contributed by atoms with E-state index in [0.717, 1.165) is 10.2 Å². The standard InChI is InChI=1S/C11H7BrN2OS/c12-9-6-16-11(14-9)10(15)8-3-1-7(5-13)2-4-8/h1-4,6,10,15H. The first-order valence-corrected chi connectivity index (χ1v) is 6.17. The third kappa shape index (κ3) is 2.30. The third-order valence-electron chi connectivity index (χ3n) is 2.08. The zero-order chi connectivity index (χ0) is 11.5. The first-order chi connectivity index (χ1) is 7.70. The van der Waals surface area contributed by atoms with Crippen molar-refractivity contribution in [3.8, 4) is 6.07 Å². The highest BCUT2D eigenvalue weighted by Crippen LogP contribution is 2.26. The minimum atomic E-state index is -0.732. The normalized spacial score (nSPS) is 12.1. The molecule has 5 heteroatoms. The lowest BCUT2D eigenvalue weighted by Gasteiger charge is -2.07. The van der Waals surface area contributed by atoms with Gasteiger partial charge in [0.2, 0.25) is 0 Å². The smallest absolute Gasteiger partial charge is 0.131 e. The number of hydrogen-bond acceptors (Lipinski definition) is 4. The lowest BCUT2D eigenvalue weighted by molar-refractivity contribution is 0.219. The summed E-state index contributed by atoms with van der Waals surface area (Å²) in [5.74, 6) is 0. The highest BCUT2D eigenvalue weighted by molar-refractivity contribution is 9.10. The molecule has 0 aliphatic carbocycles. The van der Waals surface area contributed by atoms with Gasteiger partial charge in [0.25, 0.3) is 0 Å². The van der Waals surface area contributed by atoms with E-state index < -0.39 is 6.10 Å². The summed E-state index contributed by atoms with van der Waals surface area (Å²) < 4.78 is 0.722. The Kier molecular flexibility index (Phi) is 3.34. The molecule has 1 aromatic heterocycles. The molecule has 1 atom stereocenters. The van der Waals surface area contributed by atoms with Gasteiger partial charge < -0.3 is 5.11 Å². The molecule has 1 heterocycles. The van der Waals surface area contributed by atoms with Gasteiger partial charge in [0.05, 0.1) is 11.6 Å². The van der Waals surface area contributed by atoms with Gasteiger partial charge in [0, 0.05) is 5.38 Å². The van der Waals surface area contributed by atoms with Crippen molar-refractivity contribution in [2.24, 2.45) is 0 Å². The van der Waals surface area contributed by atoms with Crippen molar-refractivity contribution < 1.29 is 5.11 Å². The van der Waals surface area contributed by atoms with Crippen LogP contribution in [0.25, 0.3) is 0 Å². The quantitative estimate of drug-likeness (QED) is 0.926. The van der Waals surface area contributed by atoms with E-state index in [4.69, 9.17) is 5.26 Å². The molecular weight excluding hydrogens is 288 g/mol. The Bertz CT molecular complexity index is 530. The lowest BCUT2D eigenvalue weighted by atomic mass is 10.1. The predicted octanol–water partition coefficient (Wildman–Crippen LogP) is 2.86. The summed E-state index contributed by atoms with van der Waals surface area (Å²) >= 11 is 4.63. The Balaban J connectivity index is 2.27. The molecule has 0 saturated heterocycles. The van der Waals surface area contributed by atoms with E-state index in [0.29, 0.717) is 10.6 Å². The molecule has 0 aliphatic heterocycles. The average molecular weight is 295 g/mol. The van der Waals surface area contributed by atoms with Crippen molar-refractivity contribution in [1.82, 2.24) is 4.98 Å². The van der Waals surface area contributed by atoms with Crippen LogP contribution in [-0.2, 0) is 0 Å². The van der Waals surface area contributed by atoms with Crippen LogP contribution in [0.15, 0.2) is 34.2 Å². The van der Waals surface area contributed by atoms with Crippen LogP contribution >= 0.6 is 27.3 Å². The Morgan fingerprint density at radius 2 is 2.06 bits per heavy atom. The highest BCUT2D eigenvalue weighted by Gasteiger charge is 2.13. The van der Waals surface area contributed by atoms with Gasteiger partial charge in [-0.3, -0.25) is 0 Å². The van der Waals surface area contributed by atoms with Crippen LogP contribution < -0.4 is 0 Å². The third-order valence-corrected chi connectivity index (χ3v) is 3.69. The van der Waals surface area contributed by atoms with E-state index in [1.165, 1.54) is 11.3 Å². The van der Waals surface area contributed by atoms with Crippen LogP contribution in [0.5, 0.6) is 0 Å². The summed E-state index contributed by atoms with van der Waals surface area (Å²) in [6, 6.07) is 8.87. The fraction of sp³-hybridized carbons (Fsp3) is 0.0909. The Hall–Kier alpha value is -1.22. The molecule has 0 amide bonds. The van der Waals surface area contributed by atoms with Gasteiger partial charge in [-0.25, -0.2) is 4.98 Å². The molecular formula is C11H7BrN2OS. The maximum absolute atomic E-state index is 10.0. The fourth-order valence-electron chi connectivity index (χ4n) is 1.28. The largest absolute Gasteiger partial charge is 0.381 e. The number of nitrogens with zero attached hydrogens (tertiary/aromatic N) is 2. The van der Waals surface area contributed by atoms with E-state index in [1.807, 2.05) is 11.4 Å². The molecule has 80 valence electrons. The van der Waals surface area contributed by atoms with Crippen LogP contribution in [0, 0.1) is 11.3 Å². The Labute approximate surface area is 105 Å². The molecule has 3 nitrogen and oxygen atoms in total. The second kappa shape index (κ2) is 4.74. The number of halogens is 1. The van der Waals surface area contributed by atoms with E-state index in [2.05, 4.69) is 20.9 Å². The second-order valence-corrected chi connectivity index (χ2v) is 4.85. The molecule has 2 rings (SSSR count). The predicted molar refractivity (Wildman–Crippen MR) is 65.0 cm³/mol. The number of thiazole rings is 1. The first-order valence-electron chi connectivity index (χ1n) is 4.50.